The molecule has 1 aliphatic rings. The summed E-state index contributed by atoms with van der Waals surface area (Å²) in [6, 6.07) is 0.321. The Bertz CT molecular complexity index is 375. The second-order valence-electron chi connectivity index (χ2n) is 7.92. The van der Waals surface area contributed by atoms with E-state index in [1.165, 1.54) is 0 Å². The molecular formula is C20H40N2O2Ti. The van der Waals surface area contributed by atoms with Crippen molar-refractivity contribution in [1.82, 2.24) is 10.6 Å². The van der Waals surface area contributed by atoms with Gasteiger partial charge in [0.15, 0.2) is 0 Å². The minimum atomic E-state index is 0.105. The van der Waals surface area contributed by atoms with Gasteiger partial charge < -0.3 is 10.6 Å². The van der Waals surface area contributed by atoms with Gasteiger partial charge in [0.25, 0.3) is 0 Å². The standard InChI is InChI=1S/C18H34N2O2.2CH3.Ti/c1-7-16(21)19-14-9-15(20-17(22)8-2)11-18(10-14,12(3)4)13(5)6;;;/h12-15H,7-11H2,1-6H3,(H,19,21)(H,20,22);2*1H3;. The molecular weight excluding hydrogens is 348 g/mol. The van der Waals surface area contributed by atoms with E-state index in [0.717, 1.165) is 19.3 Å². The predicted octanol–water partition coefficient (Wildman–Crippen LogP) is 4.42. The van der Waals surface area contributed by atoms with Crippen LogP contribution >= 0.6 is 0 Å². The van der Waals surface area contributed by atoms with Crippen LogP contribution < -0.4 is 10.6 Å². The summed E-state index contributed by atoms with van der Waals surface area (Å²) in [7, 11) is 0. The van der Waals surface area contributed by atoms with Gasteiger partial charge in [-0.25, -0.2) is 0 Å². The third-order valence-electron chi connectivity index (χ3n) is 5.49. The first-order valence-corrected chi connectivity index (χ1v) is 13.0. The van der Waals surface area contributed by atoms with Gasteiger partial charge >= 0.3 is 29.6 Å². The first-order valence-electron chi connectivity index (χ1n) is 9.83. The average Bonchev–Trinajstić information content (AvgIpc) is 2.54. The van der Waals surface area contributed by atoms with Crippen LogP contribution in [0, 0.1) is 17.3 Å². The van der Waals surface area contributed by atoms with Crippen LogP contribution in [0.25, 0.3) is 0 Å². The Morgan fingerprint density at radius 3 is 1.48 bits per heavy atom. The Balaban J connectivity index is 0.00000178. The van der Waals surface area contributed by atoms with Crippen molar-refractivity contribution < 1.29 is 28.7 Å². The third kappa shape index (κ3) is 7.82. The molecule has 5 heteroatoms. The topological polar surface area (TPSA) is 58.2 Å². The zero-order valence-corrected chi connectivity index (χ0v) is 19.2. The van der Waals surface area contributed by atoms with E-state index in [1.807, 2.05) is 13.8 Å². The SMILES string of the molecule is CCC(=O)NC1CC(NC(=O)CC)CC(C(C)C)(C(C)C)C1.[CH3][Ti][CH3]. The van der Waals surface area contributed by atoms with Crippen LogP contribution in [0.1, 0.15) is 73.6 Å². The minimum absolute atomic E-state index is 0.105. The molecule has 0 aliphatic heterocycles. The van der Waals surface area contributed by atoms with E-state index < -0.39 is 0 Å². The van der Waals surface area contributed by atoms with E-state index in [-0.39, 0.29) is 29.3 Å². The van der Waals surface area contributed by atoms with Crippen molar-refractivity contribution in [3.05, 3.63) is 0 Å². The molecule has 0 aromatic heterocycles. The summed E-state index contributed by atoms with van der Waals surface area (Å²) in [4.78, 5) is 23.6. The van der Waals surface area contributed by atoms with Gasteiger partial charge in [0, 0.05) is 24.9 Å². The van der Waals surface area contributed by atoms with Crippen LogP contribution in [0.3, 0.4) is 0 Å². The van der Waals surface area contributed by atoms with E-state index in [2.05, 4.69) is 48.8 Å². The monoisotopic (exact) mass is 388 g/mol. The van der Waals surface area contributed by atoms with E-state index in [0.29, 0.717) is 43.8 Å². The van der Waals surface area contributed by atoms with Crippen molar-refractivity contribution in [3.8, 4) is 0 Å². The van der Waals surface area contributed by atoms with Gasteiger partial charge in [0.2, 0.25) is 11.8 Å². The summed E-state index contributed by atoms with van der Waals surface area (Å²) in [5.41, 5.74) is 0.162. The summed E-state index contributed by atoms with van der Waals surface area (Å²) in [5, 5.41) is 10.8. The molecule has 0 radical (unpaired) electrons. The summed E-state index contributed by atoms with van der Waals surface area (Å²) >= 11 is 0.500. The molecule has 0 bridgehead atoms. The fraction of sp³-hybridized carbons (Fsp3) is 0.900. The van der Waals surface area contributed by atoms with E-state index in [9.17, 15) is 9.59 Å². The Labute approximate surface area is 164 Å². The van der Waals surface area contributed by atoms with Gasteiger partial charge in [-0.15, -0.1) is 0 Å². The van der Waals surface area contributed by atoms with Crippen LogP contribution in [0.2, 0.25) is 10.5 Å². The van der Waals surface area contributed by atoms with Gasteiger partial charge in [-0.3, -0.25) is 9.59 Å². The quantitative estimate of drug-likeness (QED) is 0.662. The number of rotatable bonds is 6. The van der Waals surface area contributed by atoms with Crippen molar-refractivity contribution in [1.29, 1.82) is 0 Å². The second kappa shape index (κ2) is 12.1. The summed E-state index contributed by atoms with van der Waals surface area (Å²) in [6.07, 6.45) is 3.88. The molecule has 25 heavy (non-hydrogen) atoms. The van der Waals surface area contributed by atoms with E-state index >= 15 is 0 Å². The van der Waals surface area contributed by atoms with E-state index in [1.54, 1.807) is 0 Å². The van der Waals surface area contributed by atoms with Crippen molar-refractivity contribution in [2.75, 3.05) is 0 Å². The maximum atomic E-state index is 11.8. The number of amides is 2. The molecule has 2 unspecified atom stereocenters. The second-order valence-corrected chi connectivity index (χ2v) is 9.48. The van der Waals surface area contributed by atoms with E-state index in [4.69, 9.17) is 0 Å². The number of carbonyl (C=O) groups excluding carboxylic acids is 2. The Hall–Kier alpha value is -0.346. The maximum absolute atomic E-state index is 11.8. The molecule has 1 rings (SSSR count). The number of hydrogen-bond donors (Lipinski definition) is 2. The molecule has 0 spiro atoms. The molecule has 0 aromatic rings. The molecule has 2 N–H and O–H groups in total. The molecule has 4 nitrogen and oxygen atoms in total. The average molecular weight is 388 g/mol. The van der Waals surface area contributed by atoms with Gasteiger partial charge in [-0.1, -0.05) is 41.5 Å². The molecule has 0 saturated heterocycles. The Morgan fingerprint density at radius 1 is 0.920 bits per heavy atom. The third-order valence-corrected chi connectivity index (χ3v) is 5.49. The van der Waals surface area contributed by atoms with Crippen LogP contribution in [0.15, 0.2) is 0 Å². The van der Waals surface area contributed by atoms with Crippen LogP contribution in [-0.4, -0.2) is 23.9 Å². The number of hydrogen-bond acceptors (Lipinski definition) is 2. The normalized spacial score (nSPS) is 22.0. The number of nitrogens with one attached hydrogen (secondary N) is 2. The van der Waals surface area contributed by atoms with Crippen molar-refractivity contribution in [2.24, 2.45) is 17.3 Å². The number of carbonyl (C=O) groups is 2. The zero-order valence-electron chi connectivity index (χ0n) is 17.7. The van der Waals surface area contributed by atoms with Crippen LogP contribution in [0.4, 0.5) is 0 Å². The summed E-state index contributed by atoms with van der Waals surface area (Å²) < 4.78 is 0. The zero-order chi connectivity index (χ0) is 19.6. The van der Waals surface area contributed by atoms with Gasteiger partial charge in [0.05, 0.1) is 0 Å². The molecule has 2 atom stereocenters. The first kappa shape index (κ1) is 24.7. The van der Waals surface area contributed by atoms with Crippen LogP contribution in [-0.2, 0) is 28.7 Å². The Morgan fingerprint density at radius 2 is 1.24 bits per heavy atom. The molecule has 0 aromatic carbocycles. The van der Waals surface area contributed by atoms with Gasteiger partial charge in [0.1, 0.15) is 0 Å². The first-order chi connectivity index (χ1) is 11.7. The molecule has 2 amide bonds. The van der Waals surface area contributed by atoms with Gasteiger partial charge in [-0.05, 0) is 36.5 Å². The van der Waals surface area contributed by atoms with Crippen molar-refractivity contribution >= 4 is 11.8 Å². The predicted molar refractivity (Wildman–Crippen MR) is 102 cm³/mol. The van der Waals surface area contributed by atoms with Crippen molar-refractivity contribution in [2.45, 2.75) is 96.2 Å². The van der Waals surface area contributed by atoms with Gasteiger partial charge in [-0.2, -0.15) is 0 Å². The summed E-state index contributed by atoms with van der Waals surface area (Å²) in [5.74, 6) is 1.26. The summed E-state index contributed by atoms with van der Waals surface area (Å²) in [6.45, 7) is 12.8. The molecule has 1 saturated carbocycles. The van der Waals surface area contributed by atoms with Crippen molar-refractivity contribution in [3.63, 3.8) is 0 Å². The molecule has 0 heterocycles. The molecule has 146 valence electrons. The molecule has 1 fully saturated rings. The fourth-order valence-electron chi connectivity index (χ4n) is 4.00. The molecule has 1 aliphatic carbocycles. The fourth-order valence-corrected chi connectivity index (χ4v) is 4.00. The Kier molecular flexibility index (Phi) is 11.9. The van der Waals surface area contributed by atoms with Crippen LogP contribution in [0.5, 0.6) is 0 Å².